The van der Waals surface area contributed by atoms with Gasteiger partial charge in [0.25, 0.3) is 5.85 Å². The highest BCUT2D eigenvalue weighted by atomic mass is 35.5. The Labute approximate surface area is 158 Å². The van der Waals surface area contributed by atoms with Gasteiger partial charge in [0.2, 0.25) is 0 Å². The Morgan fingerprint density at radius 1 is 1.52 bits per heavy atom. The highest BCUT2D eigenvalue weighted by molar-refractivity contribution is 6.32. The Balaban J connectivity index is 2.30. The molecule has 0 aromatic carbocycles. The number of carbonyl (C=O) groups is 1. The lowest BCUT2D eigenvalue weighted by molar-refractivity contribution is -0.245. The van der Waals surface area contributed by atoms with Crippen LogP contribution >= 0.6 is 11.6 Å². The summed E-state index contributed by atoms with van der Waals surface area (Å²) in [5.74, 6) is -4.44. The van der Waals surface area contributed by atoms with Gasteiger partial charge in [-0.15, -0.1) is 0 Å². The maximum atomic E-state index is 15.1. The summed E-state index contributed by atoms with van der Waals surface area (Å²) >= 11 is 5.82. The number of aliphatic hydroxyl groups is 2. The molecule has 0 bridgehead atoms. The minimum Gasteiger partial charge on any atom is -0.458 e. The van der Waals surface area contributed by atoms with Gasteiger partial charge in [0.15, 0.2) is 12.3 Å². The van der Waals surface area contributed by atoms with Gasteiger partial charge in [0.1, 0.15) is 24.1 Å². The molecule has 1 aliphatic heterocycles. The van der Waals surface area contributed by atoms with Crippen molar-refractivity contribution in [3.8, 4) is 0 Å². The van der Waals surface area contributed by atoms with Crippen molar-refractivity contribution in [1.29, 1.82) is 0 Å². The molecule has 0 amide bonds. The summed E-state index contributed by atoms with van der Waals surface area (Å²) in [5, 5.41) is 20.3. The number of anilines is 1. The maximum absolute atomic E-state index is 15.1. The highest BCUT2D eigenvalue weighted by Gasteiger charge is 2.63. The van der Waals surface area contributed by atoms with E-state index in [1.807, 2.05) is 0 Å². The number of alkyl halides is 1. The molecule has 152 valence electrons. The Hall–Kier alpha value is -1.79. The van der Waals surface area contributed by atoms with Crippen LogP contribution in [0.5, 0.6) is 0 Å². The number of carbonyl (C=O) groups excluding carboxylic acids is 1. The first kappa shape index (κ1) is 21.5. The van der Waals surface area contributed by atoms with E-state index in [-0.39, 0.29) is 16.8 Å². The second-order valence-corrected chi connectivity index (χ2v) is 7.24. The number of nitrogen functional groups attached to an aromatic ring is 1. The summed E-state index contributed by atoms with van der Waals surface area (Å²) in [7, 11) is 0. The lowest BCUT2D eigenvalue weighted by Gasteiger charge is -2.30. The van der Waals surface area contributed by atoms with E-state index in [1.165, 1.54) is 0 Å². The molecule has 1 fully saturated rings. The minimum absolute atomic E-state index is 0.146. The van der Waals surface area contributed by atoms with Crippen LogP contribution in [0.25, 0.3) is 0 Å². The number of aliphatic hydroxyl groups excluding tert-OH is 2. The topological polar surface area (TPSA) is 163 Å². The number of ether oxygens (including phenoxy) is 2. The lowest BCUT2D eigenvalue weighted by Crippen LogP contribution is -2.48. The third-order valence-electron chi connectivity index (χ3n) is 4.46. The minimum atomic E-state index is -3.01. The van der Waals surface area contributed by atoms with E-state index in [4.69, 9.17) is 32.5 Å². The number of hydrogen-bond donors (Lipinski definition) is 4. The zero-order valence-electron chi connectivity index (χ0n) is 14.9. The average Bonchev–Trinajstić information content (AvgIpc) is 2.76. The molecule has 0 radical (unpaired) electrons. The van der Waals surface area contributed by atoms with Crippen molar-refractivity contribution in [3.63, 3.8) is 0 Å². The van der Waals surface area contributed by atoms with Crippen molar-refractivity contribution < 1.29 is 28.9 Å². The zero-order valence-corrected chi connectivity index (χ0v) is 15.7. The Morgan fingerprint density at radius 2 is 2.11 bits per heavy atom. The Morgan fingerprint density at radius 3 is 2.67 bits per heavy atom. The van der Waals surface area contributed by atoms with Gasteiger partial charge in [-0.25, -0.2) is 9.18 Å². The first-order valence-corrected chi connectivity index (χ1v) is 8.44. The SMILES string of the molecule is CC(C)[C@H](N)C(=O)OC[C@@]1(F)O[C@@](C)(n2cc(Cl)c(N)nc2=O)[C@H](O)[C@@H]1O. The van der Waals surface area contributed by atoms with Gasteiger partial charge in [-0.2, -0.15) is 4.98 Å². The second-order valence-electron chi connectivity index (χ2n) is 6.84. The standard InChI is InChI=1S/C15H22ClFN4O6/c1-6(2)8(18)12(24)26-5-15(17)10(23)9(22)14(3,27-15)21-4-7(16)11(19)20-13(21)25/h4,6,8-10,22-23H,5,18H2,1-3H3,(H2,19,20,25)/t8-,9+,10-,14+,15+/m0/s1. The maximum Gasteiger partial charge on any atom is 0.352 e. The van der Waals surface area contributed by atoms with Crippen LogP contribution in [0.1, 0.15) is 20.8 Å². The molecule has 1 aliphatic rings. The van der Waals surface area contributed by atoms with E-state index in [1.54, 1.807) is 13.8 Å². The van der Waals surface area contributed by atoms with E-state index >= 15 is 4.39 Å². The molecule has 1 saturated heterocycles. The molecule has 12 heteroatoms. The predicted octanol–water partition coefficient (Wildman–Crippen LogP) is -0.904. The van der Waals surface area contributed by atoms with E-state index in [0.29, 0.717) is 4.57 Å². The van der Waals surface area contributed by atoms with E-state index < -0.39 is 48.1 Å². The monoisotopic (exact) mass is 408 g/mol. The fraction of sp³-hybridized carbons (Fsp3) is 0.667. The Bertz CT molecular complexity index is 792. The van der Waals surface area contributed by atoms with Crippen LogP contribution in [0.4, 0.5) is 10.2 Å². The average molecular weight is 409 g/mol. The van der Waals surface area contributed by atoms with Crippen molar-refractivity contribution >= 4 is 23.4 Å². The normalized spacial score (nSPS) is 31.9. The molecule has 10 nitrogen and oxygen atoms in total. The number of rotatable bonds is 5. The number of aromatic nitrogens is 2. The third kappa shape index (κ3) is 3.78. The largest absolute Gasteiger partial charge is 0.458 e. The quantitative estimate of drug-likeness (QED) is 0.452. The summed E-state index contributed by atoms with van der Waals surface area (Å²) < 4.78 is 25.8. The van der Waals surface area contributed by atoms with Crippen molar-refractivity contribution in [2.24, 2.45) is 11.7 Å². The fourth-order valence-corrected chi connectivity index (χ4v) is 2.74. The fourth-order valence-electron chi connectivity index (χ4n) is 2.60. The predicted molar refractivity (Wildman–Crippen MR) is 92.3 cm³/mol. The number of halogens is 2. The molecule has 6 N–H and O–H groups in total. The summed E-state index contributed by atoms with van der Waals surface area (Å²) in [6, 6.07) is -1.01. The van der Waals surface area contributed by atoms with Gasteiger partial charge < -0.3 is 31.2 Å². The zero-order chi connectivity index (χ0) is 20.7. The lowest BCUT2D eigenvalue weighted by atomic mass is 10.0. The first-order chi connectivity index (χ1) is 12.3. The van der Waals surface area contributed by atoms with E-state index in [2.05, 4.69) is 4.98 Å². The number of esters is 1. The Kier molecular flexibility index (Phi) is 5.83. The van der Waals surface area contributed by atoms with Crippen molar-refractivity contribution in [2.45, 2.75) is 50.6 Å². The summed E-state index contributed by atoms with van der Waals surface area (Å²) in [6.07, 6.45) is -3.07. The number of nitrogens with zero attached hydrogens (tertiary/aromatic N) is 2. The molecule has 0 spiro atoms. The van der Waals surface area contributed by atoms with Crippen LogP contribution in [0.2, 0.25) is 5.02 Å². The van der Waals surface area contributed by atoms with Crippen molar-refractivity contribution in [1.82, 2.24) is 9.55 Å². The second kappa shape index (κ2) is 7.32. The molecule has 2 rings (SSSR count). The van der Waals surface area contributed by atoms with Crippen molar-refractivity contribution in [2.75, 3.05) is 12.3 Å². The number of nitrogens with two attached hydrogens (primary N) is 2. The van der Waals surface area contributed by atoms with Gasteiger partial charge in [-0.1, -0.05) is 25.4 Å². The van der Waals surface area contributed by atoms with Gasteiger partial charge in [-0.3, -0.25) is 9.36 Å². The smallest absolute Gasteiger partial charge is 0.352 e. The van der Waals surface area contributed by atoms with Crippen LogP contribution < -0.4 is 17.2 Å². The third-order valence-corrected chi connectivity index (χ3v) is 4.75. The van der Waals surface area contributed by atoms with Gasteiger partial charge in [0, 0.05) is 6.20 Å². The van der Waals surface area contributed by atoms with Crippen LogP contribution in [0.3, 0.4) is 0 Å². The number of hydrogen-bond acceptors (Lipinski definition) is 9. The van der Waals surface area contributed by atoms with Crippen LogP contribution in [-0.4, -0.2) is 56.4 Å². The summed E-state index contributed by atoms with van der Waals surface area (Å²) in [4.78, 5) is 27.4. The molecule has 0 unspecified atom stereocenters. The molecule has 5 atom stereocenters. The molecule has 27 heavy (non-hydrogen) atoms. The molecular formula is C15H22ClFN4O6. The van der Waals surface area contributed by atoms with Crippen LogP contribution in [-0.2, 0) is 20.0 Å². The van der Waals surface area contributed by atoms with E-state index in [9.17, 15) is 19.8 Å². The molecule has 1 aromatic heterocycles. The van der Waals surface area contributed by atoms with Gasteiger partial charge in [-0.05, 0) is 12.8 Å². The van der Waals surface area contributed by atoms with Crippen LogP contribution in [0.15, 0.2) is 11.0 Å². The summed E-state index contributed by atoms with van der Waals surface area (Å²) in [6.45, 7) is 3.43. The van der Waals surface area contributed by atoms with Gasteiger partial charge >= 0.3 is 11.7 Å². The first-order valence-electron chi connectivity index (χ1n) is 8.06. The van der Waals surface area contributed by atoms with Crippen LogP contribution in [0, 0.1) is 5.92 Å². The molecule has 2 heterocycles. The van der Waals surface area contributed by atoms with Crippen molar-refractivity contribution in [3.05, 3.63) is 21.7 Å². The van der Waals surface area contributed by atoms with Gasteiger partial charge in [0.05, 0.1) is 5.02 Å². The molecule has 0 aliphatic carbocycles. The van der Waals surface area contributed by atoms with E-state index in [0.717, 1.165) is 13.1 Å². The molecule has 0 saturated carbocycles. The highest BCUT2D eigenvalue weighted by Crippen LogP contribution is 2.42. The molecule has 1 aromatic rings. The summed E-state index contributed by atoms with van der Waals surface area (Å²) in [5.41, 5.74) is 7.96. The molecular weight excluding hydrogens is 387 g/mol.